The van der Waals surface area contributed by atoms with Crippen molar-refractivity contribution in [3.63, 3.8) is 0 Å². The van der Waals surface area contributed by atoms with Gasteiger partial charge >= 0.3 is 12.1 Å². The molecule has 0 radical (unpaired) electrons. The molecule has 0 aromatic heterocycles. The second-order valence-electron chi connectivity index (χ2n) is 4.49. The summed E-state index contributed by atoms with van der Waals surface area (Å²) < 4.78 is 0. The van der Waals surface area contributed by atoms with Gasteiger partial charge in [0.25, 0.3) is 0 Å². The molecule has 0 unspecified atom stereocenters. The van der Waals surface area contributed by atoms with Crippen molar-refractivity contribution in [2.24, 2.45) is 0 Å². The highest BCUT2D eigenvalue weighted by atomic mass is 16.7. The van der Waals surface area contributed by atoms with Crippen molar-refractivity contribution >= 4 is 12.1 Å². The van der Waals surface area contributed by atoms with Gasteiger partial charge in [0.15, 0.2) is 0 Å². The van der Waals surface area contributed by atoms with Gasteiger partial charge in [-0.3, -0.25) is 0 Å². The highest BCUT2D eigenvalue weighted by molar-refractivity contribution is 5.89. The lowest BCUT2D eigenvalue weighted by molar-refractivity contribution is -0.134. The first kappa shape index (κ1) is 13.0. The summed E-state index contributed by atoms with van der Waals surface area (Å²) in [6, 6.07) is 8.24. The highest BCUT2D eigenvalue weighted by Gasteiger charge is 2.30. The molecule has 0 saturated carbocycles. The number of amides is 1. The Labute approximate surface area is 99.6 Å². The molecule has 0 aliphatic carbocycles. The van der Waals surface area contributed by atoms with Gasteiger partial charge in [0, 0.05) is 0 Å². The molecule has 0 spiro atoms. The summed E-state index contributed by atoms with van der Waals surface area (Å²) in [6.45, 7) is 4.91. The van der Waals surface area contributed by atoms with Crippen LogP contribution < -0.4 is 0 Å². The van der Waals surface area contributed by atoms with E-state index in [2.05, 4.69) is 0 Å². The minimum absolute atomic E-state index is 0.308. The van der Waals surface area contributed by atoms with Gasteiger partial charge in [0.1, 0.15) is 0 Å². The zero-order valence-electron chi connectivity index (χ0n) is 10.0. The standard InChI is InChI=1S/C12H15NO4/c1-12(2,3)13(11(15)16)17-10(14)9-7-5-4-6-8-9/h4-8H,1-3H3,(H,15,16). The van der Waals surface area contributed by atoms with Gasteiger partial charge in [-0.2, -0.15) is 0 Å². The SMILES string of the molecule is CC(C)(C)N(OC(=O)c1ccccc1)C(=O)O. The van der Waals surface area contributed by atoms with E-state index in [1.807, 2.05) is 0 Å². The first-order chi connectivity index (χ1) is 7.82. The molecular weight excluding hydrogens is 222 g/mol. The number of hydroxylamine groups is 2. The Morgan fingerprint density at radius 2 is 1.71 bits per heavy atom. The number of carbonyl (C=O) groups excluding carboxylic acids is 1. The van der Waals surface area contributed by atoms with E-state index in [0.29, 0.717) is 10.6 Å². The predicted molar refractivity (Wildman–Crippen MR) is 61.5 cm³/mol. The third-order valence-corrected chi connectivity index (χ3v) is 1.97. The molecule has 0 atom stereocenters. The molecule has 0 fully saturated rings. The van der Waals surface area contributed by atoms with Crippen LogP contribution in [0.1, 0.15) is 31.1 Å². The molecule has 0 heterocycles. The minimum atomic E-state index is -1.30. The van der Waals surface area contributed by atoms with Gasteiger partial charge in [-0.25, -0.2) is 9.59 Å². The molecule has 0 aliphatic heterocycles. The van der Waals surface area contributed by atoms with E-state index in [4.69, 9.17) is 9.94 Å². The Hall–Kier alpha value is -2.04. The third-order valence-electron chi connectivity index (χ3n) is 1.97. The van der Waals surface area contributed by atoms with Crippen LogP contribution in [0.25, 0.3) is 0 Å². The van der Waals surface area contributed by atoms with E-state index in [0.717, 1.165) is 0 Å². The number of hydrogen-bond donors (Lipinski definition) is 1. The Bertz CT molecular complexity index is 408. The van der Waals surface area contributed by atoms with Crippen molar-refractivity contribution in [1.29, 1.82) is 0 Å². The second kappa shape index (κ2) is 4.86. The minimum Gasteiger partial charge on any atom is -0.463 e. The van der Waals surface area contributed by atoms with Gasteiger partial charge in [0.05, 0.1) is 11.1 Å². The van der Waals surface area contributed by atoms with Crippen molar-refractivity contribution in [2.45, 2.75) is 26.3 Å². The molecule has 1 amide bonds. The van der Waals surface area contributed by atoms with E-state index in [1.54, 1.807) is 51.1 Å². The summed E-state index contributed by atoms with van der Waals surface area (Å²) in [7, 11) is 0. The third kappa shape index (κ3) is 3.48. The molecule has 1 N–H and O–H groups in total. The van der Waals surface area contributed by atoms with Gasteiger partial charge in [-0.15, -0.1) is 5.06 Å². The Morgan fingerprint density at radius 3 is 2.12 bits per heavy atom. The molecule has 1 aromatic carbocycles. The molecular formula is C12H15NO4. The van der Waals surface area contributed by atoms with Crippen LogP contribution in [0.2, 0.25) is 0 Å². The molecule has 17 heavy (non-hydrogen) atoms. The van der Waals surface area contributed by atoms with E-state index in [9.17, 15) is 9.59 Å². The molecule has 0 saturated heterocycles. The van der Waals surface area contributed by atoms with Crippen LogP contribution in [0.5, 0.6) is 0 Å². The van der Waals surface area contributed by atoms with Gasteiger partial charge in [-0.05, 0) is 32.9 Å². The number of benzene rings is 1. The fraction of sp³-hybridized carbons (Fsp3) is 0.333. The van der Waals surface area contributed by atoms with Crippen molar-refractivity contribution in [3.05, 3.63) is 35.9 Å². The molecule has 1 aromatic rings. The first-order valence-electron chi connectivity index (χ1n) is 5.13. The second-order valence-corrected chi connectivity index (χ2v) is 4.49. The smallest absolute Gasteiger partial charge is 0.441 e. The predicted octanol–water partition coefficient (Wildman–Crippen LogP) is 2.54. The van der Waals surface area contributed by atoms with Crippen LogP contribution in [-0.4, -0.2) is 27.8 Å². The first-order valence-corrected chi connectivity index (χ1v) is 5.13. The molecule has 5 heteroatoms. The fourth-order valence-corrected chi connectivity index (χ4v) is 1.17. The maximum atomic E-state index is 11.7. The molecule has 1 rings (SSSR count). The summed E-state index contributed by atoms with van der Waals surface area (Å²) in [5, 5.41) is 9.59. The van der Waals surface area contributed by atoms with Crippen molar-refractivity contribution in [2.75, 3.05) is 0 Å². The van der Waals surface area contributed by atoms with Gasteiger partial charge in [0.2, 0.25) is 0 Å². The topological polar surface area (TPSA) is 66.8 Å². The zero-order valence-corrected chi connectivity index (χ0v) is 10.0. The van der Waals surface area contributed by atoms with Crippen LogP contribution in [0.3, 0.4) is 0 Å². The number of hydrogen-bond acceptors (Lipinski definition) is 3. The summed E-state index contributed by atoms with van der Waals surface area (Å²) in [5.74, 6) is -0.692. The maximum Gasteiger partial charge on any atom is 0.441 e. The monoisotopic (exact) mass is 237 g/mol. The summed E-state index contributed by atoms with van der Waals surface area (Å²) in [6.07, 6.45) is -1.30. The van der Waals surface area contributed by atoms with Crippen molar-refractivity contribution in [1.82, 2.24) is 5.06 Å². The quantitative estimate of drug-likeness (QED) is 0.762. The van der Waals surface area contributed by atoms with Crippen LogP contribution in [0, 0.1) is 0 Å². The lowest BCUT2D eigenvalue weighted by Crippen LogP contribution is -2.46. The van der Waals surface area contributed by atoms with E-state index in [1.165, 1.54) is 0 Å². The van der Waals surface area contributed by atoms with Crippen LogP contribution in [0.15, 0.2) is 30.3 Å². The molecule has 92 valence electrons. The summed E-state index contributed by atoms with van der Waals surface area (Å²) in [4.78, 5) is 27.5. The average molecular weight is 237 g/mol. The largest absolute Gasteiger partial charge is 0.463 e. The van der Waals surface area contributed by atoms with Crippen LogP contribution in [0.4, 0.5) is 4.79 Å². The highest BCUT2D eigenvalue weighted by Crippen LogP contribution is 2.15. The van der Waals surface area contributed by atoms with E-state index >= 15 is 0 Å². The molecule has 0 aliphatic rings. The van der Waals surface area contributed by atoms with Gasteiger partial charge < -0.3 is 9.94 Å². The Morgan fingerprint density at radius 1 is 1.18 bits per heavy atom. The summed E-state index contributed by atoms with van der Waals surface area (Å²) >= 11 is 0. The Balaban J connectivity index is 2.83. The molecule has 5 nitrogen and oxygen atoms in total. The van der Waals surface area contributed by atoms with Crippen molar-refractivity contribution < 1.29 is 19.5 Å². The number of carbonyl (C=O) groups is 2. The van der Waals surface area contributed by atoms with E-state index < -0.39 is 17.6 Å². The Kier molecular flexibility index (Phi) is 3.73. The lowest BCUT2D eigenvalue weighted by Gasteiger charge is -2.30. The summed E-state index contributed by atoms with van der Waals surface area (Å²) in [5.41, 5.74) is -0.501. The number of carboxylic acid groups (broad SMARTS) is 1. The number of rotatable bonds is 1. The van der Waals surface area contributed by atoms with Crippen LogP contribution >= 0.6 is 0 Å². The normalized spacial score (nSPS) is 10.8. The number of nitrogens with zero attached hydrogens (tertiary/aromatic N) is 1. The van der Waals surface area contributed by atoms with Crippen LogP contribution in [-0.2, 0) is 4.84 Å². The van der Waals surface area contributed by atoms with E-state index in [-0.39, 0.29) is 0 Å². The zero-order chi connectivity index (χ0) is 13.1. The molecule has 0 bridgehead atoms. The fourth-order valence-electron chi connectivity index (χ4n) is 1.17. The average Bonchev–Trinajstić information content (AvgIpc) is 2.24. The lowest BCUT2D eigenvalue weighted by atomic mass is 10.1. The maximum absolute atomic E-state index is 11.7. The van der Waals surface area contributed by atoms with Crippen molar-refractivity contribution in [3.8, 4) is 0 Å². The van der Waals surface area contributed by atoms with Gasteiger partial charge in [-0.1, -0.05) is 18.2 Å².